The summed E-state index contributed by atoms with van der Waals surface area (Å²) in [5.41, 5.74) is 5.62. The lowest BCUT2D eigenvalue weighted by Gasteiger charge is -2.39. The maximum Gasteiger partial charge on any atom is 0.101 e. The fraction of sp³-hybridized carbons (Fsp3) is 1.00. The molecule has 1 aliphatic carbocycles. The molecule has 1 atom stereocenters. The summed E-state index contributed by atoms with van der Waals surface area (Å²) in [4.78, 5) is 0. The van der Waals surface area contributed by atoms with Crippen molar-refractivity contribution in [2.24, 2.45) is 11.7 Å². The highest BCUT2D eigenvalue weighted by Crippen LogP contribution is 2.34. The first-order valence-corrected chi connectivity index (χ1v) is 6.71. The van der Waals surface area contributed by atoms with E-state index in [0.29, 0.717) is 26.4 Å². The van der Waals surface area contributed by atoms with Gasteiger partial charge in [0, 0.05) is 13.2 Å². The predicted octanol–water partition coefficient (Wildman–Crippen LogP) is 1.31. The van der Waals surface area contributed by atoms with Gasteiger partial charge in [0.2, 0.25) is 0 Å². The van der Waals surface area contributed by atoms with E-state index < -0.39 is 6.10 Å². The number of aliphatic hydroxyl groups is 1. The average molecular weight is 245 g/mol. The maximum atomic E-state index is 9.68. The number of aliphatic hydroxyl groups excluding tert-OH is 1. The van der Waals surface area contributed by atoms with Gasteiger partial charge in [-0.25, -0.2) is 0 Å². The third kappa shape index (κ3) is 4.92. The van der Waals surface area contributed by atoms with Crippen LogP contribution in [0.15, 0.2) is 0 Å². The molecular weight excluding hydrogens is 218 g/mol. The van der Waals surface area contributed by atoms with Gasteiger partial charge < -0.3 is 20.3 Å². The average Bonchev–Trinajstić information content (AvgIpc) is 2.36. The first-order chi connectivity index (χ1) is 8.12. The molecule has 1 saturated carbocycles. The lowest BCUT2D eigenvalue weighted by Crippen LogP contribution is -2.45. The lowest BCUT2D eigenvalue weighted by atomic mass is 9.79. The van der Waals surface area contributed by atoms with E-state index in [0.717, 1.165) is 18.8 Å². The van der Waals surface area contributed by atoms with Gasteiger partial charge in [0.25, 0.3) is 0 Å². The molecular formula is C13H27NO3. The molecule has 4 nitrogen and oxygen atoms in total. The summed E-state index contributed by atoms with van der Waals surface area (Å²) in [6.45, 7) is 6.01. The summed E-state index contributed by atoms with van der Waals surface area (Å²) < 4.78 is 11.0. The van der Waals surface area contributed by atoms with Crippen molar-refractivity contribution in [1.82, 2.24) is 0 Å². The van der Waals surface area contributed by atoms with Crippen molar-refractivity contribution < 1.29 is 14.6 Å². The largest absolute Gasteiger partial charge is 0.388 e. The second-order valence-corrected chi connectivity index (χ2v) is 5.19. The Labute approximate surface area is 104 Å². The molecule has 1 unspecified atom stereocenters. The van der Waals surface area contributed by atoms with Crippen molar-refractivity contribution >= 4 is 0 Å². The smallest absolute Gasteiger partial charge is 0.101 e. The minimum Gasteiger partial charge on any atom is -0.388 e. The molecule has 0 aliphatic heterocycles. The van der Waals surface area contributed by atoms with Crippen LogP contribution in [0, 0.1) is 5.92 Å². The number of hydrogen-bond donors (Lipinski definition) is 2. The Balaban J connectivity index is 2.31. The Hall–Kier alpha value is -0.160. The van der Waals surface area contributed by atoms with E-state index >= 15 is 0 Å². The van der Waals surface area contributed by atoms with Crippen molar-refractivity contribution in [3.63, 3.8) is 0 Å². The SMILES string of the molecule is CCOCC(O)COC1(CN)CCC(C)CC1. The van der Waals surface area contributed by atoms with Gasteiger partial charge >= 0.3 is 0 Å². The molecule has 102 valence electrons. The standard InChI is InChI=1S/C13H27NO3/c1-3-16-8-12(15)9-17-13(10-14)6-4-11(2)5-7-13/h11-12,15H,3-10,14H2,1-2H3. The van der Waals surface area contributed by atoms with Crippen molar-refractivity contribution in [1.29, 1.82) is 0 Å². The van der Waals surface area contributed by atoms with Crippen molar-refractivity contribution in [3.8, 4) is 0 Å². The van der Waals surface area contributed by atoms with Crippen LogP contribution in [0.5, 0.6) is 0 Å². The summed E-state index contributed by atoms with van der Waals surface area (Å²) >= 11 is 0. The minimum absolute atomic E-state index is 0.209. The van der Waals surface area contributed by atoms with E-state index in [4.69, 9.17) is 15.2 Å². The minimum atomic E-state index is -0.544. The van der Waals surface area contributed by atoms with Gasteiger partial charge in [0.1, 0.15) is 6.10 Å². The molecule has 3 N–H and O–H groups in total. The molecule has 0 aromatic rings. The summed E-state index contributed by atoms with van der Waals surface area (Å²) in [7, 11) is 0. The van der Waals surface area contributed by atoms with Crippen LogP contribution in [0.1, 0.15) is 39.5 Å². The van der Waals surface area contributed by atoms with E-state index in [-0.39, 0.29) is 5.60 Å². The van der Waals surface area contributed by atoms with Crippen molar-refractivity contribution in [3.05, 3.63) is 0 Å². The van der Waals surface area contributed by atoms with Gasteiger partial charge in [-0.1, -0.05) is 6.92 Å². The molecule has 0 heterocycles. The molecule has 0 radical (unpaired) electrons. The third-order valence-corrected chi connectivity index (χ3v) is 3.65. The van der Waals surface area contributed by atoms with Crippen molar-refractivity contribution in [2.75, 3.05) is 26.4 Å². The molecule has 1 aliphatic rings. The maximum absolute atomic E-state index is 9.68. The molecule has 0 bridgehead atoms. The fourth-order valence-corrected chi connectivity index (χ4v) is 2.27. The van der Waals surface area contributed by atoms with Crippen LogP contribution in [-0.2, 0) is 9.47 Å². The van der Waals surface area contributed by atoms with Gasteiger partial charge in [-0.15, -0.1) is 0 Å². The summed E-state index contributed by atoms with van der Waals surface area (Å²) in [6, 6.07) is 0. The Morgan fingerprint density at radius 2 is 2.00 bits per heavy atom. The zero-order valence-electron chi connectivity index (χ0n) is 11.2. The van der Waals surface area contributed by atoms with Gasteiger partial charge in [-0.2, -0.15) is 0 Å². The zero-order chi connectivity index (χ0) is 12.7. The van der Waals surface area contributed by atoms with Gasteiger partial charge in [-0.05, 0) is 38.5 Å². The number of ether oxygens (including phenoxy) is 2. The van der Waals surface area contributed by atoms with E-state index in [1.807, 2.05) is 6.92 Å². The van der Waals surface area contributed by atoms with Crippen LogP contribution < -0.4 is 5.73 Å². The van der Waals surface area contributed by atoms with Crippen LogP contribution in [0.3, 0.4) is 0 Å². The van der Waals surface area contributed by atoms with Gasteiger partial charge in [-0.3, -0.25) is 0 Å². The molecule has 1 rings (SSSR count). The summed E-state index contributed by atoms with van der Waals surface area (Å²) in [6.07, 6.45) is 3.80. The molecule has 4 heteroatoms. The zero-order valence-corrected chi connectivity index (χ0v) is 11.2. The lowest BCUT2D eigenvalue weighted by molar-refractivity contribution is -0.109. The molecule has 0 aromatic carbocycles. The monoisotopic (exact) mass is 245 g/mol. The van der Waals surface area contributed by atoms with E-state index in [1.165, 1.54) is 12.8 Å². The Bertz CT molecular complexity index is 203. The predicted molar refractivity (Wildman–Crippen MR) is 67.9 cm³/mol. The van der Waals surface area contributed by atoms with Crippen LogP contribution >= 0.6 is 0 Å². The normalized spacial score (nSPS) is 31.4. The van der Waals surface area contributed by atoms with Crippen LogP contribution in [0.2, 0.25) is 0 Å². The third-order valence-electron chi connectivity index (χ3n) is 3.65. The molecule has 17 heavy (non-hydrogen) atoms. The molecule has 0 aromatic heterocycles. The highest BCUT2D eigenvalue weighted by Gasteiger charge is 2.34. The Kier molecular flexibility index (Phi) is 6.41. The number of hydrogen-bond acceptors (Lipinski definition) is 4. The highest BCUT2D eigenvalue weighted by atomic mass is 16.5. The summed E-state index contributed by atoms with van der Waals surface area (Å²) in [5.74, 6) is 0.770. The second-order valence-electron chi connectivity index (χ2n) is 5.19. The van der Waals surface area contributed by atoms with Crippen molar-refractivity contribution in [2.45, 2.75) is 51.2 Å². The second kappa shape index (κ2) is 7.31. The number of nitrogens with two attached hydrogens (primary N) is 1. The highest BCUT2D eigenvalue weighted by molar-refractivity contribution is 4.87. The van der Waals surface area contributed by atoms with Crippen LogP contribution in [0.25, 0.3) is 0 Å². The first-order valence-electron chi connectivity index (χ1n) is 6.71. The molecule has 0 saturated heterocycles. The van der Waals surface area contributed by atoms with Gasteiger partial charge in [0.15, 0.2) is 0 Å². The van der Waals surface area contributed by atoms with E-state index in [1.54, 1.807) is 0 Å². The van der Waals surface area contributed by atoms with Crippen LogP contribution in [-0.4, -0.2) is 43.2 Å². The van der Waals surface area contributed by atoms with E-state index in [2.05, 4.69) is 6.92 Å². The van der Waals surface area contributed by atoms with E-state index in [9.17, 15) is 5.11 Å². The quantitative estimate of drug-likeness (QED) is 0.710. The topological polar surface area (TPSA) is 64.7 Å². The Morgan fingerprint density at radius 3 is 2.53 bits per heavy atom. The van der Waals surface area contributed by atoms with Gasteiger partial charge in [0.05, 0.1) is 18.8 Å². The Morgan fingerprint density at radius 1 is 1.35 bits per heavy atom. The molecule has 0 amide bonds. The molecule has 1 fully saturated rings. The molecule has 0 spiro atoms. The number of rotatable bonds is 7. The first kappa shape index (κ1) is 14.9. The summed E-state index contributed by atoms with van der Waals surface area (Å²) in [5, 5.41) is 9.68. The fourth-order valence-electron chi connectivity index (χ4n) is 2.27. The van der Waals surface area contributed by atoms with Crippen LogP contribution in [0.4, 0.5) is 0 Å².